The van der Waals surface area contributed by atoms with Gasteiger partial charge in [0.1, 0.15) is 23.9 Å². The molecule has 12 heteroatoms. The standard InChI is InChI=1S/C20H17ClFN5O5/c1-31-11-4-6-15(32-2)14(8-11)23-16(28)9-26-18-17(24-25-26)19(29)27(20(18)30)10-3-5-13(22)12(21)7-10/h3-8,17-18H,9H2,1-2H3,(H,23,28)/t17-,18+/m0/s1. The van der Waals surface area contributed by atoms with Crippen molar-refractivity contribution < 1.29 is 28.2 Å². The van der Waals surface area contributed by atoms with Crippen LogP contribution in [0.2, 0.25) is 5.02 Å². The Kier molecular flexibility index (Phi) is 5.66. The first-order valence-electron chi connectivity index (χ1n) is 9.36. The second-order valence-electron chi connectivity index (χ2n) is 6.92. The number of nitrogens with one attached hydrogen (secondary N) is 1. The highest BCUT2D eigenvalue weighted by atomic mass is 35.5. The van der Waals surface area contributed by atoms with Gasteiger partial charge in [0.05, 0.1) is 30.6 Å². The first-order valence-corrected chi connectivity index (χ1v) is 9.74. The number of anilines is 2. The van der Waals surface area contributed by atoms with Gasteiger partial charge in [-0.15, -0.1) is 0 Å². The lowest BCUT2D eigenvalue weighted by Crippen LogP contribution is -2.43. The van der Waals surface area contributed by atoms with Gasteiger partial charge in [0.15, 0.2) is 12.1 Å². The fourth-order valence-electron chi connectivity index (χ4n) is 3.48. The van der Waals surface area contributed by atoms with Crippen molar-refractivity contribution in [3.05, 3.63) is 47.2 Å². The summed E-state index contributed by atoms with van der Waals surface area (Å²) in [6.45, 7) is -0.345. The van der Waals surface area contributed by atoms with Crippen molar-refractivity contribution in [1.29, 1.82) is 0 Å². The van der Waals surface area contributed by atoms with Crippen molar-refractivity contribution in [3.63, 3.8) is 0 Å². The third-order valence-corrected chi connectivity index (χ3v) is 5.30. The Morgan fingerprint density at radius 1 is 1.16 bits per heavy atom. The average molecular weight is 462 g/mol. The van der Waals surface area contributed by atoms with Gasteiger partial charge in [-0.2, -0.15) is 5.11 Å². The first-order chi connectivity index (χ1) is 15.3. The summed E-state index contributed by atoms with van der Waals surface area (Å²) in [7, 11) is 2.94. The summed E-state index contributed by atoms with van der Waals surface area (Å²) >= 11 is 5.78. The summed E-state index contributed by atoms with van der Waals surface area (Å²) < 4.78 is 23.9. The quantitative estimate of drug-likeness (QED) is 0.661. The van der Waals surface area contributed by atoms with Crippen LogP contribution in [0.3, 0.4) is 0 Å². The van der Waals surface area contributed by atoms with Crippen molar-refractivity contribution in [2.45, 2.75) is 12.1 Å². The molecule has 1 fully saturated rings. The molecule has 10 nitrogen and oxygen atoms in total. The van der Waals surface area contributed by atoms with E-state index >= 15 is 0 Å². The summed E-state index contributed by atoms with van der Waals surface area (Å²) in [5, 5.41) is 11.3. The third-order valence-electron chi connectivity index (χ3n) is 5.01. The molecule has 2 atom stereocenters. The molecule has 1 N–H and O–H groups in total. The Bertz CT molecular complexity index is 1140. The van der Waals surface area contributed by atoms with Crippen LogP contribution in [0.4, 0.5) is 15.8 Å². The average Bonchev–Trinajstić information content (AvgIpc) is 3.29. The van der Waals surface area contributed by atoms with E-state index in [4.69, 9.17) is 21.1 Å². The minimum atomic E-state index is -1.11. The molecule has 4 rings (SSSR count). The van der Waals surface area contributed by atoms with Crippen LogP contribution in [0.25, 0.3) is 0 Å². The first kappa shape index (κ1) is 21.5. The minimum Gasteiger partial charge on any atom is -0.497 e. The summed E-state index contributed by atoms with van der Waals surface area (Å²) in [5.74, 6) is -1.55. The lowest BCUT2D eigenvalue weighted by Gasteiger charge is -2.20. The molecule has 0 aliphatic carbocycles. The van der Waals surface area contributed by atoms with Crippen molar-refractivity contribution in [1.82, 2.24) is 5.01 Å². The lowest BCUT2D eigenvalue weighted by atomic mass is 10.1. The van der Waals surface area contributed by atoms with Gasteiger partial charge in [-0.1, -0.05) is 16.8 Å². The van der Waals surface area contributed by atoms with Gasteiger partial charge in [0.2, 0.25) is 5.91 Å². The van der Waals surface area contributed by atoms with Crippen LogP contribution in [-0.2, 0) is 14.4 Å². The summed E-state index contributed by atoms with van der Waals surface area (Å²) in [6.07, 6.45) is 0. The fourth-order valence-corrected chi connectivity index (χ4v) is 3.66. The fraction of sp³-hybridized carbons (Fsp3) is 0.250. The zero-order valence-electron chi connectivity index (χ0n) is 16.9. The van der Waals surface area contributed by atoms with Gasteiger partial charge in [-0.3, -0.25) is 19.4 Å². The van der Waals surface area contributed by atoms with Crippen LogP contribution >= 0.6 is 11.6 Å². The van der Waals surface area contributed by atoms with Crippen molar-refractivity contribution in [3.8, 4) is 11.5 Å². The molecule has 0 unspecified atom stereocenters. The molecule has 0 spiro atoms. The maximum atomic E-state index is 13.5. The largest absolute Gasteiger partial charge is 0.497 e. The number of fused-ring (bicyclic) bond motifs is 1. The number of amides is 3. The third kappa shape index (κ3) is 3.71. The highest BCUT2D eigenvalue weighted by Crippen LogP contribution is 2.34. The summed E-state index contributed by atoms with van der Waals surface area (Å²) in [4.78, 5) is 39.2. The van der Waals surface area contributed by atoms with Crippen LogP contribution in [-0.4, -0.2) is 55.6 Å². The Hall–Kier alpha value is -3.73. The number of ether oxygens (including phenoxy) is 2. The molecular formula is C20H17ClFN5O5. The van der Waals surface area contributed by atoms with E-state index in [1.807, 2.05) is 0 Å². The molecule has 32 heavy (non-hydrogen) atoms. The predicted octanol–water partition coefficient (Wildman–Crippen LogP) is 2.43. The Labute approximate surface area is 186 Å². The van der Waals surface area contributed by atoms with Gasteiger partial charge >= 0.3 is 0 Å². The zero-order valence-corrected chi connectivity index (χ0v) is 17.7. The number of carbonyl (C=O) groups excluding carboxylic acids is 3. The molecule has 2 aromatic carbocycles. The summed E-state index contributed by atoms with van der Waals surface area (Å²) in [6, 6.07) is 6.18. The molecule has 1 saturated heterocycles. The van der Waals surface area contributed by atoms with E-state index < -0.39 is 35.6 Å². The molecule has 0 bridgehead atoms. The highest BCUT2D eigenvalue weighted by molar-refractivity contribution is 6.32. The van der Waals surface area contributed by atoms with E-state index in [2.05, 4.69) is 15.7 Å². The van der Waals surface area contributed by atoms with Gasteiger partial charge in [0, 0.05) is 6.07 Å². The number of nitrogens with zero attached hydrogens (tertiary/aromatic N) is 4. The summed E-state index contributed by atoms with van der Waals surface area (Å²) in [5.41, 5.74) is 0.474. The van der Waals surface area contributed by atoms with Crippen LogP contribution in [0, 0.1) is 5.82 Å². The van der Waals surface area contributed by atoms with E-state index in [0.717, 1.165) is 16.0 Å². The smallest absolute Gasteiger partial charge is 0.263 e. The highest BCUT2D eigenvalue weighted by Gasteiger charge is 2.55. The van der Waals surface area contributed by atoms with Crippen molar-refractivity contribution in [2.75, 3.05) is 31.0 Å². The molecular weight excluding hydrogens is 445 g/mol. The Balaban J connectivity index is 1.50. The molecule has 2 heterocycles. The van der Waals surface area contributed by atoms with Gasteiger partial charge in [-0.25, -0.2) is 9.29 Å². The van der Waals surface area contributed by atoms with Crippen LogP contribution < -0.4 is 19.7 Å². The number of benzene rings is 2. The number of halogens is 2. The van der Waals surface area contributed by atoms with E-state index in [0.29, 0.717) is 17.2 Å². The van der Waals surface area contributed by atoms with E-state index in [1.54, 1.807) is 18.2 Å². The predicted molar refractivity (Wildman–Crippen MR) is 111 cm³/mol. The molecule has 2 aromatic rings. The SMILES string of the molecule is COc1ccc(OC)c(NC(=O)CN2N=N[C@@H]3C(=O)N(c4ccc(F)c(Cl)c4)C(=O)[C@@H]32)c1. The molecule has 0 aromatic heterocycles. The molecule has 166 valence electrons. The maximum absolute atomic E-state index is 13.5. The normalized spacial score (nSPS) is 19.4. The van der Waals surface area contributed by atoms with E-state index in [1.165, 1.54) is 26.4 Å². The van der Waals surface area contributed by atoms with Crippen LogP contribution in [0.5, 0.6) is 11.5 Å². The molecule has 0 saturated carbocycles. The van der Waals surface area contributed by atoms with Crippen molar-refractivity contribution in [2.24, 2.45) is 10.3 Å². The molecule has 2 aliphatic heterocycles. The van der Waals surface area contributed by atoms with Crippen LogP contribution in [0.15, 0.2) is 46.7 Å². The number of hydrogen-bond acceptors (Lipinski definition) is 8. The number of rotatable bonds is 6. The molecule has 3 amide bonds. The Morgan fingerprint density at radius 3 is 2.62 bits per heavy atom. The number of imide groups is 1. The second kappa shape index (κ2) is 8.42. The molecule has 2 aliphatic rings. The lowest BCUT2D eigenvalue weighted by molar-refractivity contribution is -0.123. The van der Waals surface area contributed by atoms with Gasteiger partial charge in [0.25, 0.3) is 11.8 Å². The van der Waals surface area contributed by atoms with Crippen LogP contribution in [0.1, 0.15) is 0 Å². The number of methoxy groups -OCH3 is 2. The van der Waals surface area contributed by atoms with Gasteiger partial charge in [-0.05, 0) is 30.3 Å². The monoisotopic (exact) mass is 461 g/mol. The Morgan fingerprint density at radius 2 is 1.94 bits per heavy atom. The maximum Gasteiger partial charge on any atom is 0.263 e. The molecule has 0 radical (unpaired) electrons. The zero-order chi connectivity index (χ0) is 23.0. The van der Waals surface area contributed by atoms with Gasteiger partial charge < -0.3 is 14.8 Å². The van der Waals surface area contributed by atoms with E-state index in [-0.39, 0.29) is 17.3 Å². The topological polar surface area (TPSA) is 113 Å². The number of hydrogen-bond donors (Lipinski definition) is 1. The second-order valence-corrected chi connectivity index (χ2v) is 7.32. The van der Waals surface area contributed by atoms with Crippen molar-refractivity contribution >= 4 is 40.7 Å². The number of carbonyl (C=O) groups is 3. The van der Waals surface area contributed by atoms with E-state index in [9.17, 15) is 18.8 Å². The minimum absolute atomic E-state index is 0.113.